The number of rotatable bonds is 5. The van der Waals surface area contributed by atoms with Crippen molar-refractivity contribution in [3.8, 4) is 0 Å². The first-order valence-corrected chi connectivity index (χ1v) is 9.27. The fourth-order valence-corrected chi connectivity index (χ4v) is 4.03. The van der Waals surface area contributed by atoms with Crippen LogP contribution < -0.4 is 0 Å². The molecule has 0 spiro atoms. The summed E-state index contributed by atoms with van der Waals surface area (Å²) in [5.41, 5.74) is 0. The number of alkyl halides is 2. The third-order valence-corrected chi connectivity index (χ3v) is 5.58. The quantitative estimate of drug-likeness (QED) is 0.751. The smallest absolute Gasteiger partial charge is 0.251 e. The normalized spacial score (nSPS) is 24.3. The number of carbonyl (C=O) groups is 2. The number of amides is 2. The lowest BCUT2D eigenvalue weighted by molar-refractivity contribution is -0.146. The van der Waals surface area contributed by atoms with Gasteiger partial charge >= 0.3 is 0 Å². The summed E-state index contributed by atoms with van der Waals surface area (Å²) in [5, 5.41) is 0. The number of carbonyl (C=O) groups excluding carboxylic acids is 2. The molecule has 23 heavy (non-hydrogen) atoms. The number of halogens is 2. The average molecular weight is 349 g/mol. The van der Waals surface area contributed by atoms with Crippen LogP contribution in [0.5, 0.6) is 0 Å². The van der Waals surface area contributed by atoms with E-state index in [1.165, 1.54) is 0 Å². The van der Waals surface area contributed by atoms with Gasteiger partial charge in [0.2, 0.25) is 11.8 Å². The van der Waals surface area contributed by atoms with E-state index < -0.39 is 12.5 Å². The molecule has 2 fully saturated rings. The Labute approximate surface area is 140 Å². The Hall–Kier alpha value is -0.890. The van der Waals surface area contributed by atoms with Crippen molar-refractivity contribution in [2.75, 3.05) is 44.4 Å². The van der Waals surface area contributed by atoms with E-state index in [4.69, 9.17) is 0 Å². The van der Waals surface area contributed by atoms with E-state index in [0.717, 1.165) is 6.42 Å². The van der Waals surface area contributed by atoms with Crippen LogP contribution in [-0.2, 0) is 9.59 Å². The summed E-state index contributed by atoms with van der Waals surface area (Å²) in [6, 6.07) is -0.400. The second kappa shape index (κ2) is 8.28. The van der Waals surface area contributed by atoms with Crippen LogP contribution in [-0.4, -0.2) is 83.3 Å². The summed E-state index contributed by atoms with van der Waals surface area (Å²) in [7, 11) is 0. The summed E-state index contributed by atoms with van der Waals surface area (Å²) in [5.74, 6) is 1.10. The van der Waals surface area contributed by atoms with Crippen molar-refractivity contribution in [3.05, 3.63) is 0 Å². The molecule has 0 saturated carbocycles. The lowest BCUT2D eigenvalue weighted by atomic mass is 10.1. The molecule has 132 valence electrons. The molecule has 2 rings (SSSR count). The lowest BCUT2D eigenvalue weighted by Gasteiger charge is -2.37. The zero-order chi connectivity index (χ0) is 17.0. The van der Waals surface area contributed by atoms with Gasteiger partial charge in [-0.1, -0.05) is 13.8 Å². The zero-order valence-corrected chi connectivity index (χ0v) is 14.5. The van der Waals surface area contributed by atoms with Crippen molar-refractivity contribution in [2.45, 2.75) is 32.7 Å². The van der Waals surface area contributed by atoms with Crippen LogP contribution in [0.25, 0.3) is 0 Å². The lowest BCUT2D eigenvalue weighted by Crippen LogP contribution is -2.56. The molecule has 0 N–H and O–H groups in total. The van der Waals surface area contributed by atoms with Gasteiger partial charge in [-0.25, -0.2) is 8.78 Å². The topological polar surface area (TPSA) is 43.9 Å². The Morgan fingerprint density at radius 3 is 2.43 bits per heavy atom. The molecule has 0 unspecified atom stereocenters. The maximum absolute atomic E-state index is 12.7. The van der Waals surface area contributed by atoms with Gasteiger partial charge < -0.3 is 9.80 Å². The van der Waals surface area contributed by atoms with Gasteiger partial charge in [0.05, 0.1) is 12.4 Å². The van der Waals surface area contributed by atoms with E-state index in [0.29, 0.717) is 37.8 Å². The van der Waals surface area contributed by atoms with E-state index in [1.54, 1.807) is 26.5 Å². The molecule has 2 aliphatic rings. The molecule has 0 aromatic heterocycles. The standard InChI is InChI=1S/C15H25F2N3O2S/c1-3-11(2)14(21)20-10-23-9-12(20)15(22)19-6-4-18(5-7-19)8-13(16)17/h11-13H,3-10H2,1-2H3/t11-,12+/m0/s1. The van der Waals surface area contributed by atoms with E-state index >= 15 is 0 Å². The highest BCUT2D eigenvalue weighted by molar-refractivity contribution is 7.99. The number of nitrogens with zero attached hydrogens (tertiary/aromatic N) is 3. The van der Waals surface area contributed by atoms with Crippen LogP contribution in [0, 0.1) is 5.92 Å². The minimum atomic E-state index is -2.34. The fraction of sp³-hybridized carbons (Fsp3) is 0.867. The van der Waals surface area contributed by atoms with Gasteiger partial charge in [-0.15, -0.1) is 11.8 Å². The summed E-state index contributed by atoms with van der Waals surface area (Å²) in [4.78, 5) is 30.2. The molecule has 8 heteroatoms. The highest BCUT2D eigenvalue weighted by Gasteiger charge is 2.38. The molecule has 2 heterocycles. The summed E-state index contributed by atoms with van der Waals surface area (Å²) in [6.07, 6.45) is -1.58. The van der Waals surface area contributed by atoms with Gasteiger partial charge in [-0.05, 0) is 6.42 Å². The maximum Gasteiger partial charge on any atom is 0.251 e. The minimum Gasteiger partial charge on any atom is -0.338 e. The fourth-order valence-electron chi connectivity index (χ4n) is 2.88. The van der Waals surface area contributed by atoms with Crippen LogP contribution in [0.3, 0.4) is 0 Å². The predicted molar refractivity (Wildman–Crippen MR) is 86.4 cm³/mol. The minimum absolute atomic E-state index is 0.0344. The van der Waals surface area contributed by atoms with Gasteiger partial charge in [0.25, 0.3) is 6.43 Å². The van der Waals surface area contributed by atoms with Crippen molar-refractivity contribution < 1.29 is 18.4 Å². The van der Waals surface area contributed by atoms with Crippen molar-refractivity contribution in [1.29, 1.82) is 0 Å². The Kier molecular flexibility index (Phi) is 6.64. The highest BCUT2D eigenvalue weighted by Crippen LogP contribution is 2.25. The van der Waals surface area contributed by atoms with E-state index in [1.807, 2.05) is 13.8 Å². The molecule has 0 radical (unpaired) electrons. The van der Waals surface area contributed by atoms with Crippen LogP contribution in [0.15, 0.2) is 0 Å². The summed E-state index contributed by atoms with van der Waals surface area (Å²) < 4.78 is 24.8. The number of piperazine rings is 1. The Balaban J connectivity index is 1.91. The molecule has 0 aromatic carbocycles. The van der Waals surface area contributed by atoms with Crippen molar-refractivity contribution in [3.63, 3.8) is 0 Å². The van der Waals surface area contributed by atoms with Gasteiger partial charge in [0.15, 0.2) is 0 Å². The van der Waals surface area contributed by atoms with Gasteiger partial charge in [-0.2, -0.15) is 0 Å². The van der Waals surface area contributed by atoms with Crippen LogP contribution in [0.1, 0.15) is 20.3 Å². The first-order valence-electron chi connectivity index (χ1n) is 8.11. The van der Waals surface area contributed by atoms with E-state index in [-0.39, 0.29) is 24.3 Å². The van der Waals surface area contributed by atoms with Crippen LogP contribution in [0.2, 0.25) is 0 Å². The average Bonchev–Trinajstić information content (AvgIpc) is 3.02. The Morgan fingerprint density at radius 1 is 1.22 bits per heavy atom. The predicted octanol–water partition coefficient (Wildman–Crippen LogP) is 1.34. The number of hydrogen-bond acceptors (Lipinski definition) is 4. The first kappa shape index (κ1) is 18.4. The maximum atomic E-state index is 12.7. The molecule has 2 saturated heterocycles. The largest absolute Gasteiger partial charge is 0.338 e. The van der Waals surface area contributed by atoms with Gasteiger partial charge in [-0.3, -0.25) is 14.5 Å². The SMILES string of the molecule is CC[C@H](C)C(=O)N1CSC[C@@H]1C(=O)N1CCN(CC(F)F)CC1. The molecule has 0 aliphatic carbocycles. The van der Waals surface area contributed by atoms with Crippen molar-refractivity contribution in [1.82, 2.24) is 14.7 Å². The Morgan fingerprint density at radius 2 is 1.87 bits per heavy atom. The molecular weight excluding hydrogens is 324 g/mol. The van der Waals surface area contributed by atoms with Gasteiger partial charge in [0, 0.05) is 37.8 Å². The molecular formula is C15H25F2N3O2S. The monoisotopic (exact) mass is 349 g/mol. The van der Waals surface area contributed by atoms with E-state index in [9.17, 15) is 18.4 Å². The molecule has 0 aromatic rings. The second-order valence-corrected chi connectivity index (χ2v) is 7.15. The highest BCUT2D eigenvalue weighted by atomic mass is 32.2. The van der Waals surface area contributed by atoms with Crippen molar-refractivity contribution in [2.24, 2.45) is 5.92 Å². The molecule has 2 aliphatic heterocycles. The number of thioether (sulfide) groups is 1. The van der Waals surface area contributed by atoms with Crippen molar-refractivity contribution >= 4 is 23.6 Å². The zero-order valence-electron chi connectivity index (χ0n) is 13.7. The summed E-state index contributed by atoms with van der Waals surface area (Å²) in [6.45, 7) is 5.46. The van der Waals surface area contributed by atoms with Crippen LogP contribution in [0.4, 0.5) is 8.78 Å². The Bertz CT molecular complexity index is 431. The third kappa shape index (κ3) is 4.56. The second-order valence-electron chi connectivity index (χ2n) is 6.15. The van der Waals surface area contributed by atoms with Gasteiger partial charge in [0.1, 0.15) is 6.04 Å². The summed E-state index contributed by atoms with van der Waals surface area (Å²) >= 11 is 1.60. The molecule has 2 amide bonds. The molecule has 5 nitrogen and oxygen atoms in total. The third-order valence-electron chi connectivity index (χ3n) is 4.56. The molecule has 2 atom stereocenters. The van der Waals surface area contributed by atoms with E-state index in [2.05, 4.69) is 0 Å². The van der Waals surface area contributed by atoms with Crippen LogP contribution >= 0.6 is 11.8 Å². The molecule has 0 bridgehead atoms. The first-order chi connectivity index (χ1) is 10.9. The number of hydrogen-bond donors (Lipinski definition) is 0.